The van der Waals surface area contributed by atoms with Gasteiger partial charge in [0.15, 0.2) is 11.5 Å². The minimum absolute atomic E-state index is 0.653. The maximum absolute atomic E-state index is 6.50. The molecule has 0 aliphatic carbocycles. The van der Waals surface area contributed by atoms with Crippen LogP contribution in [0.3, 0.4) is 0 Å². The van der Waals surface area contributed by atoms with E-state index in [1.165, 1.54) is 24.0 Å². The summed E-state index contributed by atoms with van der Waals surface area (Å²) in [6.45, 7) is 4.37. The number of hydrogen-bond acceptors (Lipinski definition) is 3. The van der Waals surface area contributed by atoms with Crippen molar-refractivity contribution in [2.24, 2.45) is 5.92 Å². The largest absolute Gasteiger partial charge is 0.493 e. The van der Waals surface area contributed by atoms with E-state index in [0.717, 1.165) is 37.6 Å². The predicted molar refractivity (Wildman–Crippen MR) is 83.2 cm³/mol. The summed E-state index contributed by atoms with van der Waals surface area (Å²) in [5.41, 5.74) is 2.50. The molecule has 1 aliphatic rings. The van der Waals surface area contributed by atoms with E-state index < -0.39 is 0 Å². The first-order valence-electron chi connectivity index (χ1n) is 7.34. The van der Waals surface area contributed by atoms with Crippen LogP contribution < -0.4 is 14.8 Å². The number of rotatable bonds is 5. The van der Waals surface area contributed by atoms with E-state index in [2.05, 4.69) is 18.3 Å². The standard InChI is InChI=1S/C16H24ClNO2/c1-4-13-12(9-11-5-7-18-8-6-11)10-14(19-2)16(20-3)15(13)17/h10-11,18H,4-9H2,1-3H3. The van der Waals surface area contributed by atoms with Gasteiger partial charge in [0, 0.05) is 0 Å². The van der Waals surface area contributed by atoms with Gasteiger partial charge >= 0.3 is 0 Å². The Morgan fingerprint density at radius 3 is 2.50 bits per heavy atom. The molecule has 1 aromatic rings. The van der Waals surface area contributed by atoms with Crippen molar-refractivity contribution in [3.05, 3.63) is 22.2 Å². The quantitative estimate of drug-likeness (QED) is 0.903. The summed E-state index contributed by atoms with van der Waals surface area (Å²) in [6.07, 6.45) is 4.45. The molecular weight excluding hydrogens is 274 g/mol. The zero-order valence-electron chi connectivity index (χ0n) is 12.6. The summed E-state index contributed by atoms with van der Waals surface area (Å²) in [5.74, 6) is 2.12. The number of hydrogen-bond donors (Lipinski definition) is 1. The normalized spacial score (nSPS) is 16.2. The maximum atomic E-state index is 6.50. The molecule has 0 amide bonds. The Morgan fingerprint density at radius 1 is 1.25 bits per heavy atom. The minimum Gasteiger partial charge on any atom is -0.493 e. The molecule has 0 radical (unpaired) electrons. The van der Waals surface area contributed by atoms with Gasteiger partial charge in [-0.1, -0.05) is 18.5 Å². The van der Waals surface area contributed by atoms with E-state index in [1.807, 2.05) is 0 Å². The van der Waals surface area contributed by atoms with Gasteiger partial charge in [-0.05, 0) is 61.9 Å². The summed E-state index contributed by atoms with van der Waals surface area (Å²) in [6, 6.07) is 2.10. The monoisotopic (exact) mass is 297 g/mol. The Morgan fingerprint density at radius 2 is 1.95 bits per heavy atom. The van der Waals surface area contributed by atoms with E-state index >= 15 is 0 Å². The number of piperidine rings is 1. The molecule has 112 valence electrons. The van der Waals surface area contributed by atoms with Gasteiger partial charge in [-0.2, -0.15) is 0 Å². The first-order chi connectivity index (χ1) is 9.71. The summed E-state index contributed by atoms with van der Waals surface area (Å²) in [5, 5.41) is 4.12. The van der Waals surface area contributed by atoms with Crippen LogP contribution in [-0.4, -0.2) is 27.3 Å². The second kappa shape index (κ2) is 7.19. The molecular formula is C16H24ClNO2. The first kappa shape index (κ1) is 15.5. The van der Waals surface area contributed by atoms with Crippen molar-refractivity contribution < 1.29 is 9.47 Å². The van der Waals surface area contributed by atoms with Gasteiger partial charge in [0.2, 0.25) is 0 Å². The molecule has 2 rings (SSSR count). The molecule has 0 aromatic heterocycles. The van der Waals surface area contributed by atoms with Crippen molar-refractivity contribution in [1.82, 2.24) is 5.32 Å². The Bertz CT molecular complexity index is 456. The van der Waals surface area contributed by atoms with Gasteiger partial charge in [-0.15, -0.1) is 0 Å². The van der Waals surface area contributed by atoms with Crippen molar-refractivity contribution in [2.45, 2.75) is 32.6 Å². The van der Waals surface area contributed by atoms with E-state index in [1.54, 1.807) is 14.2 Å². The average molecular weight is 298 g/mol. The fraction of sp³-hybridized carbons (Fsp3) is 0.625. The van der Waals surface area contributed by atoms with Gasteiger partial charge in [0.25, 0.3) is 0 Å². The summed E-state index contributed by atoms with van der Waals surface area (Å²) >= 11 is 6.50. The fourth-order valence-electron chi connectivity index (χ4n) is 3.00. The molecule has 1 fully saturated rings. The number of nitrogens with one attached hydrogen (secondary N) is 1. The molecule has 0 bridgehead atoms. The second-order valence-corrected chi connectivity index (χ2v) is 5.69. The van der Waals surface area contributed by atoms with Gasteiger partial charge in [-0.25, -0.2) is 0 Å². The van der Waals surface area contributed by atoms with Crippen LogP contribution in [-0.2, 0) is 12.8 Å². The van der Waals surface area contributed by atoms with Crippen molar-refractivity contribution in [3.63, 3.8) is 0 Å². The van der Waals surface area contributed by atoms with Crippen molar-refractivity contribution >= 4 is 11.6 Å². The van der Waals surface area contributed by atoms with Crippen LogP contribution in [0.25, 0.3) is 0 Å². The van der Waals surface area contributed by atoms with Crippen LogP contribution in [0, 0.1) is 5.92 Å². The highest BCUT2D eigenvalue weighted by Crippen LogP contribution is 2.40. The molecule has 4 heteroatoms. The van der Waals surface area contributed by atoms with Gasteiger partial charge in [0.05, 0.1) is 19.2 Å². The molecule has 1 heterocycles. The minimum atomic E-state index is 0.653. The maximum Gasteiger partial charge on any atom is 0.179 e. The lowest BCUT2D eigenvalue weighted by Crippen LogP contribution is -2.28. The molecule has 0 unspecified atom stereocenters. The molecule has 20 heavy (non-hydrogen) atoms. The van der Waals surface area contributed by atoms with E-state index in [-0.39, 0.29) is 0 Å². The summed E-state index contributed by atoms with van der Waals surface area (Å²) in [4.78, 5) is 0. The van der Waals surface area contributed by atoms with Crippen LogP contribution >= 0.6 is 11.6 Å². The van der Waals surface area contributed by atoms with Crippen LogP contribution in [0.4, 0.5) is 0 Å². The summed E-state index contributed by atoms with van der Waals surface area (Å²) < 4.78 is 10.8. The lowest BCUT2D eigenvalue weighted by Gasteiger charge is -2.24. The first-order valence-corrected chi connectivity index (χ1v) is 7.72. The Hall–Kier alpha value is -0.930. The van der Waals surface area contributed by atoms with E-state index in [0.29, 0.717) is 10.8 Å². The highest BCUT2D eigenvalue weighted by atomic mass is 35.5. The van der Waals surface area contributed by atoms with Crippen LogP contribution in [0.15, 0.2) is 6.07 Å². The highest BCUT2D eigenvalue weighted by molar-refractivity contribution is 6.33. The third-order valence-electron chi connectivity index (χ3n) is 4.13. The predicted octanol–water partition coefficient (Wildman–Crippen LogP) is 3.46. The third kappa shape index (κ3) is 3.21. The van der Waals surface area contributed by atoms with Crippen LogP contribution in [0.5, 0.6) is 11.5 Å². The third-order valence-corrected chi connectivity index (χ3v) is 4.53. The summed E-state index contributed by atoms with van der Waals surface area (Å²) in [7, 11) is 3.30. The molecule has 1 aliphatic heterocycles. The fourth-order valence-corrected chi connectivity index (χ4v) is 3.43. The van der Waals surface area contributed by atoms with E-state index in [9.17, 15) is 0 Å². The number of halogens is 1. The number of ether oxygens (including phenoxy) is 2. The van der Waals surface area contributed by atoms with Crippen molar-refractivity contribution in [3.8, 4) is 11.5 Å². The Balaban J connectivity index is 2.32. The van der Waals surface area contributed by atoms with Gasteiger partial charge < -0.3 is 14.8 Å². The smallest absolute Gasteiger partial charge is 0.179 e. The van der Waals surface area contributed by atoms with Gasteiger partial charge in [0.1, 0.15) is 0 Å². The number of methoxy groups -OCH3 is 2. The highest BCUT2D eigenvalue weighted by Gasteiger charge is 2.20. The SMILES string of the molecule is CCc1c(CC2CCNCC2)cc(OC)c(OC)c1Cl. The topological polar surface area (TPSA) is 30.5 Å². The zero-order valence-corrected chi connectivity index (χ0v) is 13.3. The second-order valence-electron chi connectivity index (χ2n) is 5.31. The number of benzene rings is 1. The molecule has 1 N–H and O–H groups in total. The molecule has 0 atom stereocenters. The van der Waals surface area contributed by atoms with Crippen molar-refractivity contribution in [1.29, 1.82) is 0 Å². The molecule has 0 saturated carbocycles. The van der Waals surface area contributed by atoms with Crippen LogP contribution in [0.2, 0.25) is 5.02 Å². The molecule has 1 aromatic carbocycles. The lowest BCUT2D eigenvalue weighted by atomic mass is 9.88. The zero-order chi connectivity index (χ0) is 14.5. The van der Waals surface area contributed by atoms with Gasteiger partial charge in [-0.3, -0.25) is 0 Å². The Labute approximate surface area is 126 Å². The lowest BCUT2D eigenvalue weighted by molar-refractivity contribution is 0.351. The molecule has 1 saturated heterocycles. The Kier molecular flexibility index (Phi) is 5.55. The molecule has 3 nitrogen and oxygen atoms in total. The van der Waals surface area contributed by atoms with Crippen molar-refractivity contribution in [2.75, 3.05) is 27.3 Å². The van der Waals surface area contributed by atoms with E-state index in [4.69, 9.17) is 21.1 Å². The molecule has 0 spiro atoms. The average Bonchev–Trinajstić information content (AvgIpc) is 2.48. The van der Waals surface area contributed by atoms with Crippen LogP contribution in [0.1, 0.15) is 30.9 Å².